The molecular formula is C13H9Br3. The van der Waals surface area contributed by atoms with E-state index in [2.05, 4.69) is 90.3 Å². The van der Waals surface area contributed by atoms with Gasteiger partial charge in [-0.2, -0.15) is 0 Å². The third-order valence-electron chi connectivity index (χ3n) is 2.37. The molecule has 0 spiro atoms. The van der Waals surface area contributed by atoms with E-state index in [1.54, 1.807) is 0 Å². The van der Waals surface area contributed by atoms with Crippen LogP contribution in [0.4, 0.5) is 0 Å². The SMILES string of the molecule is BrCc1cc(Br)ccc1-c1ccc(Br)cc1. The zero-order valence-electron chi connectivity index (χ0n) is 8.38. The summed E-state index contributed by atoms with van der Waals surface area (Å²) in [5.74, 6) is 0. The predicted octanol–water partition coefficient (Wildman–Crippen LogP) is 5.77. The average Bonchev–Trinajstić information content (AvgIpc) is 2.30. The smallest absolute Gasteiger partial charge is 0.0289 e. The summed E-state index contributed by atoms with van der Waals surface area (Å²) in [5.41, 5.74) is 3.80. The lowest BCUT2D eigenvalue weighted by Crippen LogP contribution is -1.86. The molecule has 2 aromatic carbocycles. The van der Waals surface area contributed by atoms with Crippen molar-refractivity contribution < 1.29 is 0 Å². The molecule has 0 unspecified atom stereocenters. The van der Waals surface area contributed by atoms with Gasteiger partial charge >= 0.3 is 0 Å². The van der Waals surface area contributed by atoms with Crippen LogP contribution in [0.2, 0.25) is 0 Å². The van der Waals surface area contributed by atoms with E-state index in [1.807, 2.05) is 0 Å². The molecule has 0 aliphatic heterocycles. The van der Waals surface area contributed by atoms with Gasteiger partial charge in [0.25, 0.3) is 0 Å². The van der Waals surface area contributed by atoms with Gasteiger partial charge in [0, 0.05) is 14.3 Å². The first-order valence-corrected chi connectivity index (χ1v) is 7.52. The zero-order chi connectivity index (χ0) is 11.5. The quantitative estimate of drug-likeness (QED) is 0.557. The molecule has 0 aliphatic carbocycles. The van der Waals surface area contributed by atoms with Gasteiger partial charge in [0.15, 0.2) is 0 Å². The molecule has 2 rings (SSSR count). The van der Waals surface area contributed by atoms with E-state index in [9.17, 15) is 0 Å². The van der Waals surface area contributed by atoms with Crippen molar-refractivity contribution in [2.24, 2.45) is 0 Å². The Morgan fingerprint density at radius 2 is 1.44 bits per heavy atom. The van der Waals surface area contributed by atoms with Crippen LogP contribution in [-0.4, -0.2) is 0 Å². The molecule has 0 nitrogen and oxygen atoms in total. The monoisotopic (exact) mass is 402 g/mol. The van der Waals surface area contributed by atoms with Crippen molar-refractivity contribution in [2.75, 3.05) is 0 Å². The van der Waals surface area contributed by atoms with Gasteiger partial charge in [-0.3, -0.25) is 0 Å². The number of alkyl halides is 1. The Hall–Kier alpha value is -0.120. The van der Waals surface area contributed by atoms with Crippen LogP contribution in [-0.2, 0) is 5.33 Å². The lowest BCUT2D eigenvalue weighted by Gasteiger charge is -2.08. The van der Waals surface area contributed by atoms with Gasteiger partial charge in [0.1, 0.15) is 0 Å². The molecule has 0 amide bonds. The molecule has 0 fully saturated rings. The van der Waals surface area contributed by atoms with E-state index in [1.165, 1.54) is 16.7 Å². The summed E-state index contributed by atoms with van der Waals surface area (Å²) in [4.78, 5) is 0. The highest BCUT2D eigenvalue weighted by Crippen LogP contribution is 2.29. The standard InChI is InChI=1S/C13H9Br3/c14-8-10-7-12(16)5-6-13(10)9-1-3-11(15)4-2-9/h1-7H,8H2. The molecule has 0 N–H and O–H groups in total. The first-order valence-electron chi connectivity index (χ1n) is 4.81. The molecule has 0 heterocycles. The van der Waals surface area contributed by atoms with Crippen LogP contribution in [0.5, 0.6) is 0 Å². The summed E-state index contributed by atoms with van der Waals surface area (Å²) >= 11 is 10.5. The average molecular weight is 405 g/mol. The summed E-state index contributed by atoms with van der Waals surface area (Å²) < 4.78 is 2.22. The lowest BCUT2D eigenvalue weighted by molar-refractivity contribution is 1.41. The Balaban J connectivity index is 2.51. The number of hydrogen-bond acceptors (Lipinski definition) is 0. The minimum Gasteiger partial charge on any atom is -0.0876 e. The van der Waals surface area contributed by atoms with E-state index in [0.29, 0.717) is 0 Å². The van der Waals surface area contributed by atoms with Crippen LogP contribution in [0.25, 0.3) is 11.1 Å². The van der Waals surface area contributed by atoms with E-state index < -0.39 is 0 Å². The molecule has 82 valence electrons. The van der Waals surface area contributed by atoms with E-state index >= 15 is 0 Å². The Morgan fingerprint density at radius 1 is 0.812 bits per heavy atom. The van der Waals surface area contributed by atoms with Crippen molar-refractivity contribution in [1.29, 1.82) is 0 Å². The summed E-state index contributed by atoms with van der Waals surface area (Å²) in [6, 6.07) is 14.7. The van der Waals surface area contributed by atoms with E-state index in [-0.39, 0.29) is 0 Å². The maximum absolute atomic E-state index is 3.52. The molecule has 0 atom stereocenters. The number of rotatable bonds is 2. The second-order valence-electron chi connectivity index (χ2n) is 3.44. The molecule has 0 saturated carbocycles. The van der Waals surface area contributed by atoms with Crippen molar-refractivity contribution >= 4 is 47.8 Å². The Labute approximate surface area is 120 Å². The highest BCUT2D eigenvalue weighted by molar-refractivity contribution is 9.10. The van der Waals surface area contributed by atoms with Gasteiger partial charge < -0.3 is 0 Å². The molecule has 0 aromatic heterocycles. The molecule has 3 heteroatoms. The Bertz CT molecular complexity index is 489. The highest BCUT2D eigenvalue weighted by atomic mass is 79.9. The van der Waals surface area contributed by atoms with Crippen LogP contribution in [0.3, 0.4) is 0 Å². The molecule has 16 heavy (non-hydrogen) atoms. The Morgan fingerprint density at radius 3 is 2.06 bits per heavy atom. The maximum atomic E-state index is 3.52. The first-order chi connectivity index (χ1) is 7.70. The number of benzene rings is 2. The van der Waals surface area contributed by atoms with E-state index in [4.69, 9.17) is 0 Å². The minimum atomic E-state index is 0.859. The Kier molecular flexibility index (Phi) is 4.22. The third kappa shape index (κ3) is 2.76. The first kappa shape index (κ1) is 12.3. The lowest BCUT2D eigenvalue weighted by atomic mass is 10.0. The van der Waals surface area contributed by atoms with Crippen molar-refractivity contribution in [3.63, 3.8) is 0 Å². The van der Waals surface area contributed by atoms with Crippen molar-refractivity contribution in [2.45, 2.75) is 5.33 Å². The molecule has 0 bridgehead atoms. The van der Waals surface area contributed by atoms with Gasteiger partial charge in [-0.15, -0.1) is 0 Å². The largest absolute Gasteiger partial charge is 0.0876 e. The fraction of sp³-hybridized carbons (Fsp3) is 0.0769. The molecule has 0 radical (unpaired) electrons. The molecule has 0 aliphatic rings. The third-order valence-corrected chi connectivity index (χ3v) is 3.99. The van der Waals surface area contributed by atoms with Crippen molar-refractivity contribution in [3.8, 4) is 11.1 Å². The van der Waals surface area contributed by atoms with Gasteiger partial charge in [-0.25, -0.2) is 0 Å². The van der Waals surface area contributed by atoms with Gasteiger partial charge in [0.2, 0.25) is 0 Å². The fourth-order valence-corrected chi connectivity index (χ4v) is 2.72. The number of hydrogen-bond donors (Lipinski definition) is 0. The normalized spacial score (nSPS) is 10.4. The summed E-state index contributed by atoms with van der Waals surface area (Å²) in [5, 5.41) is 0.859. The van der Waals surface area contributed by atoms with Crippen LogP contribution < -0.4 is 0 Å². The van der Waals surface area contributed by atoms with Crippen LogP contribution in [0, 0.1) is 0 Å². The molecular weight excluding hydrogens is 396 g/mol. The van der Waals surface area contributed by atoms with Gasteiger partial charge in [0.05, 0.1) is 0 Å². The fourth-order valence-electron chi connectivity index (χ4n) is 1.58. The topological polar surface area (TPSA) is 0 Å². The summed E-state index contributed by atoms with van der Waals surface area (Å²) in [6.45, 7) is 0. The highest BCUT2D eigenvalue weighted by Gasteiger charge is 2.04. The molecule has 2 aromatic rings. The zero-order valence-corrected chi connectivity index (χ0v) is 13.1. The second-order valence-corrected chi connectivity index (χ2v) is 5.83. The predicted molar refractivity (Wildman–Crippen MR) is 79.9 cm³/mol. The van der Waals surface area contributed by atoms with Crippen LogP contribution in [0.1, 0.15) is 5.56 Å². The molecule has 0 saturated heterocycles. The van der Waals surface area contributed by atoms with Crippen molar-refractivity contribution in [1.82, 2.24) is 0 Å². The van der Waals surface area contributed by atoms with Crippen molar-refractivity contribution in [3.05, 3.63) is 57.0 Å². The van der Waals surface area contributed by atoms with Crippen LogP contribution >= 0.6 is 47.8 Å². The number of halogens is 3. The second kappa shape index (κ2) is 5.48. The minimum absolute atomic E-state index is 0.859. The van der Waals surface area contributed by atoms with Crippen LogP contribution in [0.15, 0.2) is 51.4 Å². The summed E-state index contributed by atoms with van der Waals surface area (Å²) in [7, 11) is 0. The van der Waals surface area contributed by atoms with E-state index in [0.717, 1.165) is 14.3 Å². The maximum Gasteiger partial charge on any atom is 0.0289 e. The van der Waals surface area contributed by atoms with Gasteiger partial charge in [-0.05, 0) is 41.0 Å². The van der Waals surface area contributed by atoms with Gasteiger partial charge in [-0.1, -0.05) is 66.0 Å². The summed E-state index contributed by atoms with van der Waals surface area (Å²) in [6.07, 6.45) is 0.